The van der Waals surface area contributed by atoms with Crippen molar-refractivity contribution in [2.45, 2.75) is 40.2 Å². The Morgan fingerprint density at radius 3 is 2.45 bits per heavy atom. The second-order valence-electron chi connectivity index (χ2n) is 5.07. The number of hydrogen-bond acceptors (Lipinski definition) is 5. The van der Waals surface area contributed by atoms with E-state index in [-0.39, 0.29) is 18.2 Å². The highest BCUT2D eigenvalue weighted by molar-refractivity contribution is 5.96. The van der Waals surface area contributed by atoms with Gasteiger partial charge >= 0.3 is 5.97 Å². The van der Waals surface area contributed by atoms with Crippen molar-refractivity contribution in [3.63, 3.8) is 0 Å². The average Bonchev–Trinajstić information content (AvgIpc) is 2.39. The Morgan fingerprint density at radius 1 is 1.35 bits per heavy atom. The van der Waals surface area contributed by atoms with E-state index in [1.54, 1.807) is 20.8 Å². The van der Waals surface area contributed by atoms with Crippen molar-refractivity contribution in [3.05, 3.63) is 23.8 Å². The first-order valence-corrected chi connectivity index (χ1v) is 6.59. The van der Waals surface area contributed by atoms with Gasteiger partial charge in [-0.25, -0.2) is 9.78 Å². The topological polar surface area (TPSA) is 81.2 Å². The Hall–Kier alpha value is -1.98. The molecule has 1 amide bonds. The van der Waals surface area contributed by atoms with Crippen molar-refractivity contribution in [1.29, 1.82) is 0 Å². The third kappa shape index (κ3) is 3.53. The predicted octanol–water partition coefficient (Wildman–Crippen LogP) is 1.49. The molecule has 0 aliphatic heterocycles. The normalized spacial score (nSPS) is 13.7. The molecule has 0 spiro atoms. The molecule has 1 atom stereocenters. The van der Waals surface area contributed by atoms with E-state index in [9.17, 15) is 9.59 Å². The number of amides is 1. The fourth-order valence-electron chi connectivity index (χ4n) is 1.52. The molecule has 1 rings (SSSR count). The highest BCUT2D eigenvalue weighted by Gasteiger charge is 2.40. The summed E-state index contributed by atoms with van der Waals surface area (Å²) in [7, 11) is 0. The third-order valence-corrected chi connectivity index (χ3v) is 3.24. The molecule has 1 N–H and O–H groups in total. The minimum absolute atomic E-state index is 0.121. The maximum Gasteiger partial charge on any atom is 0.331 e. The van der Waals surface area contributed by atoms with Gasteiger partial charge in [0, 0.05) is 6.20 Å². The molecule has 1 heterocycles. The molecule has 0 fully saturated rings. The molecule has 0 aromatic carbocycles. The molecule has 20 heavy (non-hydrogen) atoms. The highest BCUT2D eigenvalue weighted by Crippen LogP contribution is 2.19. The van der Waals surface area contributed by atoms with Crippen LogP contribution in [0.15, 0.2) is 12.4 Å². The second-order valence-corrected chi connectivity index (χ2v) is 5.07. The number of nitrogens with zero attached hydrogens (tertiary/aromatic N) is 2. The number of hydrogen-bond donors (Lipinski definition) is 1. The third-order valence-electron chi connectivity index (χ3n) is 3.24. The zero-order valence-corrected chi connectivity index (χ0v) is 12.6. The second kappa shape index (κ2) is 6.45. The van der Waals surface area contributed by atoms with E-state index in [0.29, 0.717) is 0 Å². The van der Waals surface area contributed by atoms with Gasteiger partial charge in [-0.15, -0.1) is 0 Å². The molecule has 0 aliphatic rings. The fraction of sp³-hybridized carbons (Fsp3) is 0.571. The largest absolute Gasteiger partial charge is 0.464 e. The van der Waals surface area contributed by atoms with Crippen LogP contribution in [-0.2, 0) is 9.53 Å². The average molecular weight is 279 g/mol. The van der Waals surface area contributed by atoms with Gasteiger partial charge in [0.25, 0.3) is 5.91 Å². The molecule has 0 aliphatic carbocycles. The van der Waals surface area contributed by atoms with Gasteiger partial charge in [-0.3, -0.25) is 9.78 Å². The summed E-state index contributed by atoms with van der Waals surface area (Å²) in [5.74, 6) is -1.02. The standard InChI is InChI=1S/C14H21N3O3/c1-6-20-13(19)14(5,9(2)3)17-12(18)11-8-15-10(4)7-16-11/h7-9H,6H2,1-5H3,(H,17,18). The molecule has 6 heteroatoms. The Balaban J connectivity index is 2.93. The van der Waals surface area contributed by atoms with E-state index in [1.165, 1.54) is 12.4 Å². The van der Waals surface area contributed by atoms with Crippen LogP contribution in [0.25, 0.3) is 0 Å². The lowest BCUT2D eigenvalue weighted by Gasteiger charge is -2.31. The van der Waals surface area contributed by atoms with Gasteiger partial charge in [0.05, 0.1) is 18.5 Å². The lowest BCUT2D eigenvalue weighted by Crippen LogP contribution is -2.56. The van der Waals surface area contributed by atoms with Gasteiger partial charge in [0.1, 0.15) is 11.2 Å². The van der Waals surface area contributed by atoms with Gasteiger partial charge in [-0.05, 0) is 26.7 Å². The van der Waals surface area contributed by atoms with E-state index in [2.05, 4.69) is 15.3 Å². The summed E-state index contributed by atoms with van der Waals surface area (Å²) in [6.07, 6.45) is 2.89. The van der Waals surface area contributed by atoms with Crippen LogP contribution in [0, 0.1) is 12.8 Å². The number of nitrogens with one attached hydrogen (secondary N) is 1. The molecule has 110 valence electrons. The van der Waals surface area contributed by atoms with Gasteiger partial charge in [-0.2, -0.15) is 0 Å². The predicted molar refractivity (Wildman–Crippen MR) is 74.1 cm³/mol. The first-order chi connectivity index (χ1) is 9.31. The minimum atomic E-state index is -1.10. The lowest BCUT2D eigenvalue weighted by atomic mass is 9.88. The van der Waals surface area contributed by atoms with Gasteiger partial charge in [0.15, 0.2) is 0 Å². The Labute approximate surface area is 119 Å². The zero-order chi connectivity index (χ0) is 15.3. The van der Waals surface area contributed by atoms with Crippen LogP contribution in [0.2, 0.25) is 0 Å². The van der Waals surface area contributed by atoms with Crippen molar-refractivity contribution in [2.24, 2.45) is 5.92 Å². The molecule has 6 nitrogen and oxygen atoms in total. The van der Waals surface area contributed by atoms with Crippen LogP contribution in [0.3, 0.4) is 0 Å². The molecular formula is C14H21N3O3. The lowest BCUT2D eigenvalue weighted by molar-refractivity contribution is -0.152. The number of ether oxygens (including phenoxy) is 1. The highest BCUT2D eigenvalue weighted by atomic mass is 16.5. The Kier molecular flexibility index (Phi) is 5.19. The van der Waals surface area contributed by atoms with E-state index < -0.39 is 17.4 Å². The number of aromatic nitrogens is 2. The maximum atomic E-state index is 12.2. The number of carbonyl (C=O) groups excluding carboxylic acids is 2. The summed E-state index contributed by atoms with van der Waals surface area (Å²) in [6, 6.07) is 0. The molecule has 0 bridgehead atoms. The monoisotopic (exact) mass is 279 g/mol. The van der Waals surface area contributed by atoms with E-state index in [4.69, 9.17) is 4.74 Å². The summed E-state index contributed by atoms with van der Waals surface area (Å²) in [5, 5.41) is 2.70. The van der Waals surface area contributed by atoms with Crippen molar-refractivity contribution in [2.75, 3.05) is 6.61 Å². The van der Waals surface area contributed by atoms with Crippen molar-refractivity contribution >= 4 is 11.9 Å². The summed E-state index contributed by atoms with van der Waals surface area (Å²) >= 11 is 0. The SMILES string of the molecule is CCOC(=O)C(C)(NC(=O)c1cnc(C)cn1)C(C)C. The smallest absolute Gasteiger partial charge is 0.331 e. The van der Waals surface area contributed by atoms with Crippen LogP contribution in [0.1, 0.15) is 43.9 Å². The van der Waals surface area contributed by atoms with Crippen LogP contribution in [-0.4, -0.2) is 34.0 Å². The van der Waals surface area contributed by atoms with E-state index in [1.807, 2.05) is 13.8 Å². The van der Waals surface area contributed by atoms with Crippen LogP contribution in [0.4, 0.5) is 0 Å². The molecule has 1 aromatic rings. The fourth-order valence-corrected chi connectivity index (χ4v) is 1.52. The van der Waals surface area contributed by atoms with Crippen molar-refractivity contribution < 1.29 is 14.3 Å². The van der Waals surface area contributed by atoms with E-state index >= 15 is 0 Å². The number of rotatable bonds is 5. The number of carbonyl (C=O) groups is 2. The van der Waals surface area contributed by atoms with Crippen molar-refractivity contribution in [1.82, 2.24) is 15.3 Å². The van der Waals surface area contributed by atoms with E-state index in [0.717, 1.165) is 5.69 Å². The quantitative estimate of drug-likeness (QED) is 0.826. The summed E-state index contributed by atoms with van der Waals surface area (Å²) in [4.78, 5) is 32.2. The first kappa shape index (κ1) is 16.1. The number of aryl methyl sites for hydroxylation is 1. The van der Waals surface area contributed by atoms with Crippen molar-refractivity contribution in [3.8, 4) is 0 Å². The minimum Gasteiger partial charge on any atom is -0.464 e. The summed E-state index contributed by atoms with van der Waals surface area (Å²) in [6.45, 7) is 9.12. The van der Waals surface area contributed by atoms with Gasteiger partial charge in [-0.1, -0.05) is 13.8 Å². The molecule has 0 saturated carbocycles. The maximum absolute atomic E-state index is 12.2. The molecule has 1 aromatic heterocycles. The van der Waals surface area contributed by atoms with Crippen LogP contribution >= 0.6 is 0 Å². The van der Waals surface area contributed by atoms with Gasteiger partial charge in [0.2, 0.25) is 0 Å². The summed E-state index contributed by atoms with van der Waals surface area (Å²) in [5.41, 5.74) is -0.204. The molecule has 0 saturated heterocycles. The van der Waals surface area contributed by atoms with Crippen LogP contribution in [0.5, 0.6) is 0 Å². The Morgan fingerprint density at radius 2 is 2.00 bits per heavy atom. The van der Waals surface area contributed by atoms with Gasteiger partial charge < -0.3 is 10.1 Å². The molecular weight excluding hydrogens is 258 g/mol. The van der Waals surface area contributed by atoms with Crippen LogP contribution < -0.4 is 5.32 Å². The molecule has 1 unspecified atom stereocenters. The summed E-state index contributed by atoms with van der Waals surface area (Å²) < 4.78 is 5.03. The Bertz CT molecular complexity index is 485. The number of esters is 1. The molecule has 0 radical (unpaired) electrons. The zero-order valence-electron chi connectivity index (χ0n) is 12.6. The first-order valence-electron chi connectivity index (χ1n) is 6.59.